The fraction of sp³-hybridized carbons (Fsp3) is 0.273. The van der Waals surface area contributed by atoms with E-state index in [0.29, 0.717) is 5.69 Å². The summed E-state index contributed by atoms with van der Waals surface area (Å²) in [7, 11) is 1.45. The molecule has 0 aliphatic carbocycles. The molecule has 0 radical (unpaired) electrons. The third kappa shape index (κ3) is 5.14. The third-order valence-corrected chi connectivity index (χ3v) is 2.46. The highest BCUT2D eigenvalue weighted by atomic mass is 35.6. The summed E-state index contributed by atoms with van der Waals surface area (Å²) in [5.41, 5.74) is 0.575. The Labute approximate surface area is 124 Å². The lowest BCUT2D eigenvalue weighted by Crippen LogP contribution is -2.30. The molecule has 0 atom stereocenters. The van der Waals surface area contributed by atoms with Gasteiger partial charge in [-0.25, -0.2) is 9.59 Å². The minimum absolute atomic E-state index is 0.117. The molecule has 0 saturated carbocycles. The SMILES string of the molecule is CN(C(=O)OCC(Cl)(Cl)Cl)c1ccc(C(=O)O)cc1. The van der Waals surface area contributed by atoms with E-state index in [0.717, 1.165) is 0 Å². The van der Waals surface area contributed by atoms with Gasteiger partial charge < -0.3 is 9.84 Å². The van der Waals surface area contributed by atoms with Crippen molar-refractivity contribution in [1.29, 1.82) is 0 Å². The first kappa shape index (κ1) is 15.9. The smallest absolute Gasteiger partial charge is 0.414 e. The van der Waals surface area contributed by atoms with Crippen molar-refractivity contribution >= 4 is 52.6 Å². The molecule has 1 aromatic rings. The number of anilines is 1. The molecule has 0 aliphatic rings. The van der Waals surface area contributed by atoms with E-state index in [1.807, 2.05) is 0 Å². The summed E-state index contributed by atoms with van der Waals surface area (Å²) in [6.07, 6.45) is -0.714. The van der Waals surface area contributed by atoms with Crippen LogP contribution in [0, 0.1) is 0 Å². The van der Waals surface area contributed by atoms with Crippen LogP contribution in [-0.4, -0.2) is 34.6 Å². The number of nitrogens with zero attached hydrogens (tertiary/aromatic N) is 1. The van der Waals surface area contributed by atoms with Crippen LogP contribution in [0.15, 0.2) is 24.3 Å². The highest BCUT2D eigenvalue weighted by Crippen LogP contribution is 2.26. The van der Waals surface area contributed by atoms with Gasteiger partial charge in [-0.2, -0.15) is 0 Å². The van der Waals surface area contributed by atoms with Gasteiger partial charge in [0.1, 0.15) is 6.61 Å². The third-order valence-electron chi connectivity index (χ3n) is 2.13. The van der Waals surface area contributed by atoms with Crippen LogP contribution in [0.4, 0.5) is 10.5 Å². The predicted molar refractivity (Wildman–Crippen MR) is 73.4 cm³/mol. The van der Waals surface area contributed by atoms with Gasteiger partial charge in [0, 0.05) is 12.7 Å². The Morgan fingerprint density at radius 3 is 2.21 bits per heavy atom. The topological polar surface area (TPSA) is 66.8 Å². The Morgan fingerprint density at radius 1 is 1.26 bits per heavy atom. The number of benzene rings is 1. The Bertz CT molecular complexity index is 470. The van der Waals surface area contributed by atoms with Crippen molar-refractivity contribution in [3.63, 3.8) is 0 Å². The van der Waals surface area contributed by atoms with Crippen LogP contribution in [0.25, 0.3) is 0 Å². The maximum atomic E-state index is 11.6. The largest absolute Gasteiger partial charge is 0.478 e. The lowest BCUT2D eigenvalue weighted by Gasteiger charge is -2.19. The summed E-state index contributed by atoms with van der Waals surface area (Å²) < 4.78 is 3.10. The van der Waals surface area contributed by atoms with E-state index in [4.69, 9.17) is 44.6 Å². The summed E-state index contributed by atoms with van der Waals surface area (Å²) in [6.45, 7) is -0.381. The molecule has 0 saturated heterocycles. The number of carbonyl (C=O) groups excluding carboxylic acids is 1. The summed E-state index contributed by atoms with van der Waals surface area (Å²) in [5.74, 6) is -1.05. The van der Waals surface area contributed by atoms with Crippen molar-refractivity contribution in [2.45, 2.75) is 3.79 Å². The van der Waals surface area contributed by atoms with Crippen LogP contribution in [-0.2, 0) is 4.74 Å². The van der Waals surface area contributed by atoms with Crippen molar-refractivity contribution in [2.24, 2.45) is 0 Å². The van der Waals surface area contributed by atoms with Crippen molar-refractivity contribution in [2.75, 3.05) is 18.6 Å². The normalized spacial score (nSPS) is 10.9. The van der Waals surface area contributed by atoms with Gasteiger partial charge in [-0.15, -0.1) is 0 Å². The molecule has 0 unspecified atom stereocenters. The molecule has 0 bridgehead atoms. The number of aromatic carboxylic acids is 1. The molecule has 0 spiro atoms. The quantitative estimate of drug-likeness (QED) is 0.865. The molecule has 19 heavy (non-hydrogen) atoms. The maximum Gasteiger partial charge on any atom is 0.414 e. The second kappa shape index (κ2) is 6.32. The zero-order valence-corrected chi connectivity index (χ0v) is 12.0. The van der Waals surface area contributed by atoms with E-state index in [1.54, 1.807) is 0 Å². The van der Waals surface area contributed by atoms with Crippen molar-refractivity contribution in [3.05, 3.63) is 29.8 Å². The highest BCUT2D eigenvalue weighted by molar-refractivity contribution is 6.67. The molecule has 0 aliphatic heterocycles. The fourth-order valence-electron chi connectivity index (χ4n) is 1.17. The van der Waals surface area contributed by atoms with Gasteiger partial charge in [0.15, 0.2) is 0 Å². The molecule has 1 rings (SSSR count). The van der Waals surface area contributed by atoms with E-state index in [2.05, 4.69) is 0 Å². The Balaban J connectivity index is 2.69. The number of halogens is 3. The number of alkyl halides is 3. The monoisotopic (exact) mass is 325 g/mol. The Morgan fingerprint density at radius 2 is 1.79 bits per heavy atom. The highest BCUT2D eigenvalue weighted by Gasteiger charge is 2.23. The van der Waals surface area contributed by atoms with Crippen LogP contribution in [0.2, 0.25) is 0 Å². The summed E-state index contributed by atoms with van der Waals surface area (Å²) in [4.78, 5) is 23.5. The molecule has 5 nitrogen and oxygen atoms in total. The summed E-state index contributed by atoms with van der Waals surface area (Å²) in [5, 5.41) is 8.75. The van der Waals surface area contributed by atoms with Crippen LogP contribution < -0.4 is 4.90 Å². The number of ether oxygens (including phenoxy) is 1. The predicted octanol–water partition coefficient (Wildman–Crippen LogP) is 3.33. The molecular weight excluding hydrogens is 316 g/mol. The average molecular weight is 327 g/mol. The molecular formula is C11H10Cl3NO4. The van der Waals surface area contributed by atoms with Gasteiger partial charge in [0.05, 0.1) is 5.56 Å². The van der Waals surface area contributed by atoms with Gasteiger partial charge in [-0.3, -0.25) is 4.90 Å². The number of carboxylic acids is 1. The Kier molecular flexibility index (Phi) is 5.29. The first-order valence-corrected chi connectivity index (χ1v) is 6.14. The lowest BCUT2D eigenvalue weighted by atomic mass is 10.2. The summed E-state index contributed by atoms with van der Waals surface area (Å²) in [6, 6.07) is 5.69. The van der Waals surface area contributed by atoms with E-state index >= 15 is 0 Å². The van der Waals surface area contributed by atoms with Crippen molar-refractivity contribution in [1.82, 2.24) is 0 Å². The molecule has 1 amide bonds. The van der Waals surface area contributed by atoms with E-state index in [9.17, 15) is 9.59 Å². The average Bonchev–Trinajstić information content (AvgIpc) is 2.34. The van der Waals surface area contributed by atoms with Gasteiger partial charge >= 0.3 is 12.1 Å². The minimum Gasteiger partial charge on any atom is -0.478 e. The second-order valence-corrected chi connectivity index (χ2v) is 6.10. The van der Waals surface area contributed by atoms with Gasteiger partial charge in [-0.05, 0) is 24.3 Å². The van der Waals surface area contributed by atoms with E-state index < -0.39 is 15.9 Å². The standard InChI is InChI=1S/C11H10Cl3NO4/c1-15(10(18)19-6-11(12,13)14)8-4-2-7(3-5-8)9(16)17/h2-5H,6H2,1H3,(H,16,17). The van der Waals surface area contributed by atoms with E-state index in [-0.39, 0.29) is 12.2 Å². The molecule has 0 heterocycles. The first-order chi connectivity index (χ1) is 8.70. The van der Waals surface area contributed by atoms with Crippen LogP contribution in [0.5, 0.6) is 0 Å². The van der Waals surface area contributed by atoms with E-state index in [1.165, 1.54) is 36.2 Å². The fourth-order valence-corrected chi connectivity index (χ4v) is 1.34. The Hall–Kier alpha value is -1.17. The van der Waals surface area contributed by atoms with Crippen LogP contribution >= 0.6 is 34.8 Å². The number of carboxylic acid groups (broad SMARTS) is 1. The number of hydrogen-bond donors (Lipinski definition) is 1. The van der Waals surface area contributed by atoms with Crippen LogP contribution in [0.1, 0.15) is 10.4 Å². The number of amides is 1. The zero-order chi connectivity index (χ0) is 14.6. The number of carbonyl (C=O) groups is 2. The summed E-state index contributed by atoms with van der Waals surface area (Å²) >= 11 is 16.4. The lowest BCUT2D eigenvalue weighted by molar-refractivity contribution is 0.0697. The number of hydrogen-bond acceptors (Lipinski definition) is 3. The van der Waals surface area contributed by atoms with Crippen molar-refractivity contribution < 1.29 is 19.4 Å². The van der Waals surface area contributed by atoms with Gasteiger partial charge in [-0.1, -0.05) is 34.8 Å². The molecule has 0 aromatic heterocycles. The molecule has 104 valence electrons. The minimum atomic E-state index is -1.68. The molecule has 1 N–H and O–H groups in total. The number of rotatable bonds is 3. The second-order valence-electron chi connectivity index (χ2n) is 3.58. The zero-order valence-electron chi connectivity index (χ0n) is 9.77. The van der Waals surface area contributed by atoms with Gasteiger partial charge in [0.25, 0.3) is 0 Å². The first-order valence-electron chi connectivity index (χ1n) is 5.01. The molecule has 1 aromatic carbocycles. The molecule has 0 fully saturated rings. The van der Waals surface area contributed by atoms with Gasteiger partial charge in [0.2, 0.25) is 3.79 Å². The maximum absolute atomic E-state index is 11.6. The van der Waals surface area contributed by atoms with Crippen LogP contribution in [0.3, 0.4) is 0 Å². The molecule has 8 heteroatoms. The van der Waals surface area contributed by atoms with Crippen molar-refractivity contribution in [3.8, 4) is 0 Å².